The number of imidazole rings is 1. The van der Waals surface area contributed by atoms with Gasteiger partial charge in [0.2, 0.25) is 0 Å². The predicted octanol–water partition coefficient (Wildman–Crippen LogP) is 1.61. The highest BCUT2D eigenvalue weighted by atomic mass is 15.0. The van der Waals surface area contributed by atoms with Crippen molar-refractivity contribution in [1.29, 1.82) is 0 Å². The van der Waals surface area contributed by atoms with Crippen LogP contribution in [-0.2, 0) is 6.54 Å². The molecule has 1 fully saturated rings. The Kier molecular flexibility index (Phi) is 1.91. The second-order valence-corrected chi connectivity index (χ2v) is 4.62. The summed E-state index contributed by atoms with van der Waals surface area (Å²) >= 11 is 0. The van der Waals surface area contributed by atoms with E-state index >= 15 is 0 Å². The number of aryl methyl sites for hydroxylation is 1. The summed E-state index contributed by atoms with van der Waals surface area (Å²) < 4.78 is 0. The number of nitrogens with zero attached hydrogens (tertiary/aromatic N) is 1. The fourth-order valence-corrected chi connectivity index (χ4v) is 1.61. The van der Waals surface area contributed by atoms with Gasteiger partial charge in [-0.1, -0.05) is 13.8 Å². The lowest BCUT2D eigenvalue weighted by Crippen LogP contribution is -2.20. The summed E-state index contributed by atoms with van der Waals surface area (Å²) in [6, 6.07) is 0.691. The molecule has 1 atom stereocenters. The number of nitrogens with one attached hydrogen (secondary N) is 2. The largest absolute Gasteiger partial charge is 0.345 e. The van der Waals surface area contributed by atoms with E-state index in [9.17, 15) is 0 Å². The smallest absolute Gasteiger partial charge is 0.103 e. The lowest BCUT2D eigenvalue weighted by atomic mass is 10.2. The Morgan fingerprint density at radius 2 is 2.38 bits per heavy atom. The molecule has 1 aromatic heterocycles. The predicted molar refractivity (Wildman–Crippen MR) is 52.4 cm³/mol. The van der Waals surface area contributed by atoms with Crippen LogP contribution < -0.4 is 5.32 Å². The standard InChI is InChI=1S/C10H17N3/c1-7-11-5-8(13-7)6-12-9-4-10(9,2)3/h5,9,12H,4,6H2,1-3H3,(H,11,13). The average Bonchev–Trinajstić information content (AvgIpc) is 2.45. The van der Waals surface area contributed by atoms with Gasteiger partial charge in [0.05, 0.1) is 0 Å². The third-order valence-electron chi connectivity index (χ3n) is 2.81. The van der Waals surface area contributed by atoms with E-state index in [1.807, 2.05) is 13.1 Å². The molecule has 0 amide bonds. The van der Waals surface area contributed by atoms with Gasteiger partial charge >= 0.3 is 0 Å². The Morgan fingerprint density at radius 1 is 1.69 bits per heavy atom. The highest BCUT2D eigenvalue weighted by Crippen LogP contribution is 2.44. The summed E-state index contributed by atoms with van der Waals surface area (Å²) in [7, 11) is 0. The van der Waals surface area contributed by atoms with Gasteiger partial charge in [0.1, 0.15) is 5.82 Å². The van der Waals surface area contributed by atoms with Crippen molar-refractivity contribution >= 4 is 0 Å². The van der Waals surface area contributed by atoms with Gasteiger partial charge in [0, 0.05) is 24.5 Å². The second kappa shape index (κ2) is 2.84. The quantitative estimate of drug-likeness (QED) is 0.740. The minimum atomic E-state index is 0.509. The molecule has 1 aromatic rings. The maximum atomic E-state index is 4.16. The van der Waals surface area contributed by atoms with Crippen LogP contribution >= 0.6 is 0 Å². The Hall–Kier alpha value is -0.830. The zero-order chi connectivity index (χ0) is 9.47. The van der Waals surface area contributed by atoms with E-state index < -0.39 is 0 Å². The zero-order valence-electron chi connectivity index (χ0n) is 8.52. The normalized spacial score (nSPS) is 24.7. The molecule has 0 bridgehead atoms. The van der Waals surface area contributed by atoms with Crippen LogP contribution in [0.3, 0.4) is 0 Å². The van der Waals surface area contributed by atoms with Crippen molar-refractivity contribution in [2.24, 2.45) is 5.41 Å². The third-order valence-corrected chi connectivity index (χ3v) is 2.81. The lowest BCUT2D eigenvalue weighted by Gasteiger charge is -2.04. The van der Waals surface area contributed by atoms with Gasteiger partial charge in [0.25, 0.3) is 0 Å². The number of hydrogen-bond donors (Lipinski definition) is 2. The van der Waals surface area contributed by atoms with Crippen molar-refractivity contribution in [1.82, 2.24) is 15.3 Å². The first-order valence-electron chi connectivity index (χ1n) is 4.82. The molecule has 0 aromatic carbocycles. The molecule has 13 heavy (non-hydrogen) atoms. The molecule has 3 heteroatoms. The molecule has 2 rings (SSSR count). The van der Waals surface area contributed by atoms with Crippen LogP contribution in [-0.4, -0.2) is 16.0 Å². The fraction of sp³-hybridized carbons (Fsp3) is 0.700. The molecule has 1 heterocycles. The van der Waals surface area contributed by atoms with Crippen molar-refractivity contribution in [3.05, 3.63) is 17.7 Å². The number of aromatic amines is 1. The molecule has 0 radical (unpaired) electrons. The van der Waals surface area contributed by atoms with E-state index in [1.54, 1.807) is 0 Å². The summed E-state index contributed by atoms with van der Waals surface area (Å²) in [5.41, 5.74) is 1.69. The summed E-state index contributed by atoms with van der Waals surface area (Å²) in [5.74, 6) is 0.992. The average molecular weight is 179 g/mol. The second-order valence-electron chi connectivity index (χ2n) is 4.62. The van der Waals surface area contributed by atoms with Gasteiger partial charge in [-0.3, -0.25) is 0 Å². The topological polar surface area (TPSA) is 40.7 Å². The van der Waals surface area contributed by atoms with Gasteiger partial charge in [-0.15, -0.1) is 0 Å². The van der Waals surface area contributed by atoms with E-state index in [4.69, 9.17) is 0 Å². The molecule has 1 aliphatic rings. The molecule has 1 aliphatic carbocycles. The van der Waals surface area contributed by atoms with Gasteiger partial charge in [-0.05, 0) is 18.8 Å². The van der Waals surface area contributed by atoms with Crippen molar-refractivity contribution < 1.29 is 0 Å². The van der Waals surface area contributed by atoms with Crippen molar-refractivity contribution in [3.8, 4) is 0 Å². The molecule has 3 nitrogen and oxygen atoms in total. The SMILES string of the molecule is Cc1ncc(CNC2CC2(C)C)[nH]1. The first-order chi connectivity index (χ1) is 6.08. The molecule has 1 unspecified atom stereocenters. The fourth-order valence-electron chi connectivity index (χ4n) is 1.61. The Bertz CT molecular complexity index is 301. The molecule has 1 saturated carbocycles. The molecular formula is C10H17N3. The van der Waals surface area contributed by atoms with Gasteiger partial charge in [-0.2, -0.15) is 0 Å². The zero-order valence-corrected chi connectivity index (χ0v) is 8.52. The lowest BCUT2D eigenvalue weighted by molar-refractivity contribution is 0.539. The van der Waals surface area contributed by atoms with Crippen LogP contribution in [0.2, 0.25) is 0 Å². The number of H-pyrrole nitrogens is 1. The molecule has 0 aliphatic heterocycles. The number of rotatable bonds is 3. The number of aromatic nitrogens is 2. The van der Waals surface area contributed by atoms with E-state index in [-0.39, 0.29) is 0 Å². The van der Waals surface area contributed by atoms with Crippen LogP contribution in [0.4, 0.5) is 0 Å². The first kappa shape index (κ1) is 8.75. The molecular weight excluding hydrogens is 162 g/mol. The molecule has 0 spiro atoms. The molecule has 72 valence electrons. The Balaban J connectivity index is 1.81. The monoisotopic (exact) mass is 179 g/mol. The minimum Gasteiger partial charge on any atom is -0.345 e. The maximum Gasteiger partial charge on any atom is 0.103 e. The van der Waals surface area contributed by atoms with Crippen LogP contribution in [0.1, 0.15) is 31.8 Å². The van der Waals surface area contributed by atoms with Crippen molar-refractivity contribution in [2.75, 3.05) is 0 Å². The molecule has 2 N–H and O–H groups in total. The van der Waals surface area contributed by atoms with E-state index in [1.165, 1.54) is 12.1 Å². The highest BCUT2D eigenvalue weighted by molar-refractivity contribution is 5.05. The summed E-state index contributed by atoms with van der Waals surface area (Å²) in [5, 5.41) is 3.51. The van der Waals surface area contributed by atoms with Crippen LogP contribution in [0.5, 0.6) is 0 Å². The van der Waals surface area contributed by atoms with Gasteiger partial charge < -0.3 is 10.3 Å². The van der Waals surface area contributed by atoms with E-state index in [0.717, 1.165) is 12.4 Å². The van der Waals surface area contributed by atoms with Crippen molar-refractivity contribution in [3.63, 3.8) is 0 Å². The van der Waals surface area contributed by atoms with Crippen LogP contribution in [0, 0.1) is 12.3 Å². The summed E-state index contributed by atoms with van der Waals surface area (Å²) in [6.45, 7) is 7.48. The van der Waals surface area contributed by atoms with Crippen molar-refractivity contribution in [2.45, 2.75) is 39.8 Å². The summed E-state index contributed by atoms with van der Waals surface area (Å²) in [6.07, 6.45) is 3.19. The minimum absolute atomic E-state index is 0.509. The van der Waals surface area contributed by atoms with E-state index in [2.05, 4.69) is 29.1 Å². The van der Waals surface area contributed by atoms with E-state index in [0.29, 0.717) is 11.5 Å². The third kappa shape index (κ3) is 1.91. The maximum absolute atomic E-state index is 4.16. The molecule has 0 saturated heterocycles. The van der Waals surface area contributed by atoms with Crippen LogP contribution in [0.25, 0.3) is 0 Å². The Morgan fingerprint density at radius 3 is 2.85 bits per heavy atom. The first-order valence-corrected chi connectivity index (χ1v) is 4.82. The van der Waals surface area contributed by atoms with Gasteiger partial charge in [-0.25, -0.2) is 4.98 Å². The highest BCUT2D eigenvalue weighted by Gasteiger charge is 2.44. The Labute approximate surface area is 79.0 Å². The summed E-state index contributed by atoms with van der Waals surface area (Å²) in [4.78, 5) is 7.37. The number of hydrogen-bond acceptors (Lipinski definition) is 2. The van der Waals surface area contributed by atoms with Crippen LogP contribution in [0.15, 0.2) is 6.20 Å². The van der Waals surface area contributed by atoms with Gasteiger partial charge in [0.15, 0.2) is 0 Å².